The van der Waals surface area contributed by atoms with Crippen molar-refractivity contribution in [1.82, 2.24) is 25.2 Å². The van der Waals surface area contributed by atoms with Crippen LogP contribution in [0, 0.1) is 0 Å². The second kappa shape index (κ2) is 6.33. The highest BCUT2D eigenvalue weighted by atomic mass is 16.6. The molecular formula is C14H23N5O3. The van der Waals surface area contributed by atoms with Gasteiger partial charge in [-0.1, -0.05) is 5.21 Å². The highest BCUT2D eigenvalue weighted by Gasteiger charge is 2.32. The molecule has 1 aliphatic rings. The van der Waals surface area contributed by atoms with Crippen molar-refractivity contribution in [3.8, 4) is 0 Å². The summed E-state index contributed by atoms with van der Waals surface area (Å²) < 4.78 is 7.02. The smallest absolute Gasteiger partial charge is 0.410 e. The number of rotatable bonds is 3. The van der Waals surface area contributed by atoms with Gasteiger partial charge >= 0.3 is 6.09 Å². The predicted molar refractivity (Wildman–Crippen MR) is 79.4 cm³/mol. The van der Waals surface area contributed by atoms with E-state index in [1.165, 1.54) is 0 Å². The Bertz CT molecular complexity index is 549. The molecule has 2 amide bonds. The van der Waals surface area contributed by atoms with Crippen LogP contribution in [0.3, 0.4) is 0 Å². The zero-order valence-electron chi connectivity index (χ0n) is 13.5. The first kappa shape index (κ1) is 16.3. The van der Waals surface area contributed by atoms with Gasteiger partial charge in [-0.05, 0) is 33.6 Å². The van der Waals surface area contributed by atoms with E-state index in [4.69, 9.17) is 4.74 Å². The number of aromatic nitrogens is 3. The van der Waals surface area contributed by atoms with Crippen molar-refractivity contribution in [3.63, 3.8) is 0 Å². The minimum atomic E-state index is -0.510. The first-order valence-corrected chi connectivity index (χ1v) is 7.42. The van der Waals surface area contributed by atoms with Crippen molar-refractivity contribution >= 4 is 12.0 Å². The second-order valence-corrected chi connectivity index (χ2v) is 6.37. The van der Waals surface area contributed by atoms with E-state index in [0.29, 0.717) is 13.1 Å². The zero-order chi connectivity index (χ0) is 16.3. The molecule has 2 heterocycles. The third-order valence-corrected chi connectivity index (χ3v) is 3.40. The van der Waals surface area contributed by atoms with Crippen molar-refractivity contribution < 1.29 is 14.3 Å². The van der Waals surface area contributed by atoms with E-state index in [1.807, 2.05) is 20.8 Å². The van der Waals surface area contributed by atoms with E-state index < -0.39 is 5.60 Å². The molecule has 0 unspecified atom stereocenters. The van der Waals surface area contributed by atoms with E-state index in [9.17, 15) is 9.59 Å². The number of nitrogens with zero attached hydrogens (tertiary/aromatic N) is 4. The maximum atomic E-state index is 12.2. The topological polar surface area (TPSA) is 89.4 Å². The van der Waals surface area contributed by atoms with Gasteiger partial charge in [-0.15, -0.1) is 5.10 Å². The molecule has 1 saturated heterocycles. The maximum absolute atomic E-state index is 12.2. The molecule has 1 fully saturated rings. The molecule has 0 radical (unpaired) electrons. The molecule has 0 aromatic carbocycles. The third-order valence-electron chi connectivity index (χ3n) is 3.40. The standard InChI is InChI=1S/C14H23N5O3/c1-14(2,3)22-13(21)19-7-5-6-10(19)8-18-9-11(16-17-18)12(20)15-4/h9-10H,5-8H2,1-4H3,(H,15,20)/t10-/m1/s1. The van der Waals surface area contributed by atoms with Crippen LogP contribution in [0.4, 0.5) is 4.79 Å². The van der Waals surface area contributed by atoms with Gasteiger partial charge in [-0.25, -0.2) is 9.48 Å². The van der Waals surface area contributed by atoms with E-state index >= 15 is 0 Å². The SMILES string of the molecule is CNC(=O)c1cn(C[C@H]2CCCN2C(=O)OC(C)(C)C)nn1. The van der Waals surface area contributed by atoms with Gasteiger partial charge in [0.15, 0.2) is 5.69 Å². The maximum Gasteiger partial charge on any atom is 0.410 e. The van der Waals surface area contributed by atoms with Crippen molar-refractivity contribution in [2.45, 2.75) is 51.8 Å². The number of carbonyl (C=O) groups is 2. The third kappa shape index (κ3) is 3.96. The molecular weight excluding hydrogens is 286 g/mol. The van der Waals surface area contributed by atoms with Gasteiger partial charge in [-0.2, -0.15) is 0 Å². The quantitative estimate of drug-likeness (QED) is 0.901. The first-order chi connectivity index (χ1) is 10.3. The summed E-state index contributed by atoms with van der Waals surface area (Å²) in [6, 6.07) is 0.00841. The summed E-state index contributed by atoms with van der Waals surface area (Å²) in [7, 11) is 1.54. The predicted octanol–water partition coefficient (Wildman–Crippen LogP) is 1.04. The highest BCUT2D eigenvalue weighted by molar-refractivity contribution is 5.91. The van der Waals surface area contributed by atoms with Gasteiger partial charge in [0.2, 0.25) is 0 Å². The lowest BCUT2D eigenvalue weighted by Crippen LogP contribution is -2.41. The summed E-state index contributed by atoms with van der Waals surface area (Å²) in [5, 5.41) is 10.3. The Labute approximate surface area is 129 Å². The Hall–Kier alpha value is -2.12. The number of nitrogens with one attached hydrogen (secondary N) is 1. The summed E-state index contributed by atoms with van der Waals surface area (Å²) in [4.78, 5) is 25.4. The van der Waals surface area contributed by atoms with Gasteiger partial charge in [0.25, 0.3) is 5.91 Å². The molecule has 2 rings (SSSR count). The minimum Gasteiger partial charge on any atom is -0.444 e. The lowest BCUT2D eigenvalue weighted by Gasteiger charge is -2.28. The molecule has 1 aromatic heterocycles. The average molecular weight is 309 g/mol. The number of carbonyl (C=O) groups excluding carboxylic acids is 2. The number of hydrogen-bond donors (Lipinski definition) is 1. The Morgan fingerprint density at radius 2 is 2.18 bits per heavy atom. The molecule has 22 heavy (non-hydrogen) atoms. The number of amides is 2. The molecule has 0 saturated carbocycles. The van der Waals surface area contributed by atoms with Crippen molar-refractivity contribution in [2.24, 2.45) is 0 Å². The van der Waals surface area contributed by atoms with E-state index in [0.717, 1.165) is 12.8 Å². The largest absolute Gasteiger partial charge is 0.444 e. The monoisotopic (exact) mass is 309 g/mol. The van der Waals surface area contributed by atoms with Crippen LogP contribution in [0.1, 0.15) is 44.1 Å². The molecule has 0 aliphatic carbocycles. The van der Waals surface area contributed by atoms with Crippen LogP contribution in [-0.4, -0.2) is 57.1 Å². The normalized spacial score (nSPS) is 18.4. The molecule has 1 aliphatic heterocycles. The van der Waals surface area contributed by atoms with Gasteiger partial charge in [0, 0.05) is 13.6 Å². The average Bonchev–Trinajstić information content (AvgIpc) is 3.05. The number of likely N-dealkylation sites (tertiary alicyclic amines) is 1. The van der Waals surface area contributed by atoms with E-state index in [1.54, 1.807) is 22.8 Å². The fraction of sp³-hybridized carbons (Fsp3) is 0.714. The molecule has 8 heteroatoms. The summed E-state index contributed by atoms with van der Waals surface area (Å²) in [5.41, 5.74) is -0.242. The van der Waals surface area contributed by atoms with Gasteiger partial charge in [-0.3, -0.25) is 4.79 Å². The molecule has 8 nitrogen and oxygen atoms in total. The second-order valence-electron chi connectivity index (χ2n) is 6.37. The zero-order valence-corrected chi connectivity index (χ0v) is 13.5. The lowest BCUT2D eigenvalue weighted by molar-refractivity contribution is 0.0211. The van der Waals surface area contributed by atoms with E-state index in [-0.39, 0.29) is 23.7 Å². The van der Waals surface area contributed by atoms with Gasteiger partial charge in [0.1, 0.15) is 5.60 Å². The van der Waals surface area contributed by atoms with Crippen LogP contribution < -0.4 is 5.32 Å². The van der Waals surface area contributed by atoms with Crippen LogP contribution >= 0.6 is 0 Å². The summed E-state index contributed by atoms with van der Waals surface area (Å²) in [5.74, 6) is -0.276. The number of hydrogen-bond acceptors (Lipinski definition) is 5. The van der Waals surface area contributed by atoms with Crippen LogP contribution in [0.5, 0.6) is 0 Å². The molecule has 1 atom stereocenters. The lowest BCUT2D eigenvalue weighted by atomic mass is 10.2. The van der Waals surface area contributed by atoms with Gasteiger partial charge in [0.05, 0.1) is 18.8 Å². The van der Waals surface area contributed by atoms with Crippen LogP contribution in [0.15, 0.2) is 6.20 Å². The molecule has 0 bridgehead atoms. The summed E-state index contributed by atoms with van der Waals surface area (Å²) >= 11 is 0. The molecule has 1 N–H and O–H groups in total. The Kier molecular flexibility index (Phi) is 4.68. The molecule has 122 valence electrons. The fourth-order valence-electron chi connectivity index (χ4n) is 2.42. The van der Waals surface area contributed by atoms with E-state index in [2.05, 4.69) is 15.6 Å². The summed E-state index contributed by atoms with van der Waals surface area (Å²) in [6.07, 6.45) is 3.10. The van der Waals surface area contributed by atoms with Crippen molar-refractivity contribution in [1.29, 1.82) is 0 Å². The molecule has 1 aromatic rings. The van der Waals surface area contributed by atoms with Crippen molar-refractivity contribution in [2.75, 3.05) is 13.6 Å². The van der Waals surface area contributed by atoms with Crippen LogP contribution in [0.2, 0.25) is 0 Å². The minimum absolute atomic E-state index is 0.00841. The Balaban J connectivity index is 2.00. The van der Waals surface area contributed by atoms with Crippen molar-refractivity contribution in [3.05, 3.63) is 11.9 Å². The number of ether oxygens (including phenoxy) is 1. The van der Waals surface area contributed by atoms with Crippen LogP contribution in [-0.2, 0) is 11.3 Å². The summed E-state index contributed by atoms with van der Waals surface area (Å²) in [6.45, 7) is 6.73. The Morgan fingerprint density at radius 3 is 2.82 bits per heavy atom. The van der Waals surface area contributed by atoms with Crippen LogP contribution in [0.25, 0.3) is 0 Å². The molecule has 0 spiro atoms. The highest BCUT2D eigenvalue weighted by Crippen LogP contribution is 2.21. The Morgan fingerprint density at radius 1 is 1.45 bits per heavy atom. The first-order valence-electron chi connectivity index (χ1n) is 7.42. The fourth-order valence-corrected chi connectivity index (χ4v) is 2.42. The van der Waals surface area contributed by atoms with Gasteiger partial charge < -0.3 is 15.0 Å².